The van der Waals surface area contributed by atoms with Crippen LogP contribution in [-0.2, 0) is 11.2 Å². The molecule has 2 aliphatic heterocycles. The van der Waals surface area contributed by atoms with E-state index < -0.39 is 6.04 Å². The van der Waals surface area contributed by atoms with Gasteiger partial charge in [0.25, 0.3) is 0 Å². The third-order valence-corrected chi connectivity index (χ3v) is 4.75. The second kappa shape index (κ2) is 6.58. The second-order valence-corrected chi connectivity index (χ2v) is 6.27. The summed E-state index contributed by atoms with van der Waals surface area (Å²) in [4.78, 5) is 17.0. The summed E-state index contributed by atoms with van der Waals surface area (Å²) in [7, 11) is 0. The quantitative estimate of drug-likeness (QED) is 0.907. The minimum absolute atomic E-state index is 0.112. The molecule has 1 amide bonds. The number of carbonyl (C=O) groups excluding carboxylic acids is 1. The predicted octanol–water partition coefficient (Wildman–Crippen LogP) is 1.25. The van der Waals surface area contributed by atoms with E-state index in [-0.39, 0.29) is 5.91 Å². The number of hydrogen-bond acceptors (Lipinski definition) is 3. The topological polar surface area (TPSA) is 49.6 Å². The highest BCUT2D eigenvalue weighted by atomic mass is 16.2. The Morgan fingerprint density at radius 2 is 1.90 bits per heavy atom. The fourth-order valence-corrected chi connectivity index (χ4v) is 3.54. The molecule has 1 aromatic rings. The molecule has 4 heteroatoms. The molecule has 2 N–H and O–H groups in total. The Hall–Kier alpha value is -1.39. The summed E-state index contributed by atoms with van der Waals surface area (Å²) in [5.41, 5.74) is 7.26. The molecule has 1 aromatic carbocycles. The molecule has 2 fully saturated rings. The van der Waals surface area contributed by atoms with Crippen molar-refractivity contribution < 1.29 is 4.79 Å². The standard InChI is InChI=1S/C17H25N3O/c18-16(12-14-6-2-1-3-7-14)17(21)20-11-8-15(13-20)19-9-4-5-10-19/h1-3,6-7,15-16H,4-5,8-13,18H2/t15?,16-/m1/s1. The number of likely N-dealkylation sites (tertiary alicyclic amines) is 2. The summed E-state index contributed by atoms with van der Waals surface area (Å²) < 4.78 is 0. The van der Waals surface area contributed by atoms with Gasteiger partial charge >= 0.3 is 0 Å². The first-order chi connectivity index (χ1) is 10.2. The van der Waals surface area contributed by atoms with Crippen LogP contribution in [0.2, 0.25) is 0 Å². The molecule has 0 aromatic heterocycles. The highest BCUT2D eigenvalue weighted by Gasteiger charge is 2.33. The third-order valence-electron chi connectivity index (χ3n) is 4.75. The second-order valence-electron chi connectivity index (χ2n) is 6.27. The van der Waals surface area contributed by atoms with Gasteiger partial charge in [0.2, 0.25) is 5.91 Å². The molecule has 114 valence electrons. The number of benzene rings is 1. The molecule has 2 atom stereocenters. The highest BCUT2D eigenvalue weighted by molar-refractivity contribution is 5.82. The van der Waals surface area contributed by atoms with Gasteiger partial charge in [-0.15, -0.1) is 0 Å². The Morgan fingerprint density at radius 1 is 1.19 bits per heavy atom. The molecule has 2 aliphatic rings. The van der Waals surface area contributed by atoms with E-state index >= 15 is 0 Å². The number of amides is 1. The molecule has 2 heterocycles. The monoisotopic (exact) mass is 287 g/mol. The number of nitrogens with zero attached hydrogens (tertiary/aromatic N) is 2. The Kier molecular flexibility index (Phi) is 4.56. The molecule has 4 nitrogen and oxygen atoms in total. The molecule has 2 saturated heterocycles. The summed E-state index contributed by atoms with van der Waals surface area (Å²) in [5, 5.41) is 0. The third kappa shape index (κ3) is 3.44. The first kappa shape index (κ1) is 14.5. The van der Waals surface area contributed by atoms with Gasteiger partial charge in [-0.25, -0.2) is 0 Å². The Labute approximate surface area is 126 Å². The van der Waals surface area contributed by atoms with Crippen molar-refractivity contribution in [1.82, 2.24) is 9.80 Å². The number of nitrogens with two attached hydrogens (primary N) is 1. The van der Waals surface area contributed by atoms with Crippen molar-refractivity contribution >= 4 is 5.91 Å². The minimum Gasteiger partial charge on any atom is -0.340 e. The molecule has 21 heavy (non-hydrogen) atoms. The van der Waals surface area contributed by atoms with Crippen LogP contribution in [0.5, 0.6) is 0 Å². The van der Waals surface area contributed by atoms with Crippen molar-refractivity contribution in [1.29, 1.82) is 0 Å². The van der Waals surface area contributed by atoms with Crippen molar-refractivity contribution in [3.8, 4) is 0 Å². The first-order valence-electron chi connectivity index (χ1n) is 8.06. The molecule has 3 rings (SSSR count). The van der Waals surface area contributed by atoms with Crippen LogP contribution in [0.3, 0.4) is 0 Å². The summed E-state index contributed by atoms with van der Waals surface area (Å²) >= 11 is 0. The van der Waals surface area contributed by atoms with E-state index in [4.69, 9.17) is 5.73 Å². The van der Waals surface area contributed by atoms with E-state index in [0.717, 1.165) is 25.1 Å². The molecular formula is C17H25N3O. The number of rotatable bonds is 4. The van der Waals surface area contributed by atoms with Gasteiger partial charge in [-0.3, -0.25) is 9.69 Å². The summed E-state index contributed by atoms with van der Waals surface area (Å²) in [5.74, 6) is 0.112. The minimum atomic E-state index is -0.412. The number of hydrogen-bond donors (Lipinski definition) is 1. The normalized spacial score (nSPS) is 24.4. The molecular weight excluding hydrogens is 262 g/mol. The fourth-order valence-electron chi connectivity index (χ4n) is 3.54. The summed E-state index contributed by atoms with van der Waals surface area (Å²) in [6.07, 6.45) is 4.34. The highest BCUT2D eigenvalue weighted by Crippen LogP contribution is 2.21. The lowest BCUT2D eigenvalue weighted by Gasteiger charge is -2.25. The van der Waals surface area contributed by atoms with Crippen LogP contribution in [0.25, 0.3) is 0 Å². The van der Waals surface area contributed by atoms with Crippen LogP contribution in [0.15, 0.2) is 30.3 Å². The molecule has 0 saturated carbocycles. The summed E-state index contributed by atoms with van der Waals surface area (Å²) in [6, 6.07) is 10.2. The van der Waals surface area contributed by atoms with Gasteiger partial charge in [0.15, 0.2) is 0 Å². The van der Waals surface area contributed by atoms with Crippen LogP contribution in [0.4, 0.5) is 0 Å². The van der Waals surface area contributed by atoms with Crippen LogP contribution in [0.1, 0.15) is 24.8 Å². The lowest BCUT2D eigenvalue weighted by molar-refractivity contribution is -0.131. The van der Waals surface area contributed by atoms with E-state index in [0.29, 0.717) is 12.5 Å². The first-order valence-corrected chi connectivity index (χ1v) is 8.06. The van der Waals surface area contributed by atoms with Gasteiger partial charge in [-0.2, -0.15) is 0 Å². The average Bonchev–Trinajstić information content (AvgIpc) is 3.18. The molecule has 0 bridgehead atoms. The van der Waals surface area contributed by atoms with Crippen molar-refractivity contribution in [3.63, 3.8) is 0 Å². The average molecular weight is 287 g/mol. The lowest BCUT2D eigenvalue weighted by atomic mass is 10.1. The van der Waals surface area contributed by atoms with Crippen LogP contribution < -0.4 is 5.73 Å². The number of carbonyl (C=O) groups is 1. The van der Waals surface area contributed by atoms with Crippen LogP contribution in [-0.4, -0.2) is 54.0 Å². The van der Waals surface area contributed by atoms with E-state index in [9.17, 15) is 4.79 Å². The maximum Gasteiger partial charge on any atom is 0.239 e. The largest absolute Gasteiger partial charge is 0.340 e. The van der Waals surface area contributed by atoms with Gasteiger partial charge in [-0.1, -0.05) is 30.3 Å². The molecule has 0 spiro atoms. The summed E-state index contributed by atoms with van der Waals surface area (Å²) in [6.45, 7) is 4.12. The van der Waals surface area contributed by atoms with E-state index in [1.54, 1.807) is 0 Å². The van der Waals surface area contributed by atoms with Crippen molar-refractivity contribution in [3.05, 3.63) is 35.9 Å². The fraction of sp³-hybridized carbons (Fsp3) is 0.588. The zero-order valence-electron chi connectivity index (χ0n) is 12.6. The van der Waals surface area contributed by atoms with Crippen LogP contribution in [0, 0.1) is 0 Å². The zero-order valence-corrected chi connectivity index (χ0v) is 12.6. The van der Waals surface area contributed by atoms with Gasteiger partial charge in [-0.05, 0) is 44.3 Å². The maximum absolute atomic E-state index is 12.5. The van der Waals surface area contributed by atoms with E-state index in [1.807, 2.05) is 35.2 Å². The molecule has 1 unspecified atom stereocenters. The zero-order chi connectivity index (χ0) is 14.7. The van der Waals surface area contributed by atoms with Gasteiger partial charge in [0, 0.05) is 19.1 Å². The molecule has 0 radical (unpaired) electrons. The Balaban J connectivity index is 1.53. The smallest absolute Gasteiger partial charge is 0.239 e. The van der Waals surface area contributed by atoms with Gasteiger partial charge in [0.1, 0.15) is 0 Å². The van der Waals surface area contributed by atoms with Gasteiger partial charge in [0.05, 0.1) is 6.04 Å². The van der Waals surface area contributed by atoms with Crippen LogP contribution >= 0.6 is 0 Å². The van der Waals surface area contributed by atoms with Crippen molar-refractivity contribution in [2.75, 3.05) is 26.2 Å². The van der Waals surface area contributed by atoms with Gasteiger partial charge < -0.3 is 10.6 Å². The Morgan fingerprint density at radius 3 is 2.62 bits per heavy atom. The van der Waals surface area contributed by atoms with Crippen molar-refractivity contribution in [2.45, 2.75) is 37.8 Å². The lowest BCUT2D eigenvalue weighted by Crippen LogP contribution is -2.45. The van der Waals surface area contributed by atoms with E-state index in [1.165, 1.54) is 25.9 Å². The van der Waals surface area contributed by atoms with Crippen molar-refractivity contribution in [2.24, 2.45) is 5.73 Å². The maximum atomic E-state index is 12.5. The molecule has 0 aliphatic carbocycles. The predicted molar refractivity (Wildman–Crippen MR) is 83.9 cm³/mol. The van der Waals surface area contributed by atoms with E-state index in [2.05, 4.69) is 4.90 Å². The Bertz CT molecular complexity index is 470. The SMILES string of the molecule is N[C@H](Cc1ccccc1)C(=O)N1CCC(N2CCCC2)C1.